The molecule has 0 bridgehead atoms. The number of aliphatic hydroxyl groups excluding tert-OH is 1. The highest BCUT2D eigenvalue weighted by molar-refractivity contribution is 7.89. The highest BCUT2D eigenvalue weighted by Crippen LogP contribution is 2.18. The summed E-state index contributed by atoms with van der Waals surface area (Å²) < 4.78 is 59.0. The summed E-state index contributed by atoms with van der Waals surface area (Å²) in [6.45, 7) is 2.21. The Balaban J connectivity index is 1.47. The number of rotatable bonds is 8. The van der Waals surface area contributed by atoms with Gasteiger partial charge in [0.25, 0.3) is 0 Å². The van der Waals surface area contributed by atoms with Gasteiger partial charge in [-0.25, -0.2) is 17.2 Å². The second kappa shape index (κ2) is 10.4. The third kappa shape index (κ3) is 6.05. The van der Waals surface area contributed by atoms with Crippen LogP contribution in [0, 0.1) is 11.6 Å². The third-order valence-corrected chi connectivity index (χ3v) is 6.91. The zero-order chi connectivity index (χ0) is 21.6. The number of nitrogens with zero attached hydrogens (tertiary/aromatic N) is 2. The fraction of sp³-hybridized carbons (Fsp3) is 0.429. The number of sulfonamides is 1. The van der Waals surface area contributed by atoms with Crippen LogP contribution in [0.4, 0.5) is 8.78 Å². The molecule has 0 amide bonds. The van der Waals surface area contributed by atoms with Gasteiger partial charge >= 0.3 is 0 Å². The van der Waals surface area contributed by atoms with Crippen LogP contribution in [0.1, 0.15) is 12.0 Å². The molecule has 1 heterocycles. The predicted octanol–water partition coefficient (Wildman–Crippen LogP) is 2.24. The summed E-state index contributed by atoms with van der Waals surface area (Å²) in [5, 5.41) is 10.2. The minimum absolute atomic E-state index is 0.0580. The Morgan fingerprint density at radius 3 is 2.47 bits per heavy atom. The lowest BCUT2D eigenvalue weighted by Crippen LogP contribution is -2.38. The summed E-state index contributed by atoms with van der Waals surface area (Å²) in [5.74, 6) is -0.829. The maximum Gasteiger partial charge on any atom is 0.243 e. The van der Waals surface area contributed by atoms with Gasteiger partial charge in [0, 0.05) is 31.7 Å². The Morgan fingerprint density at radius 1 is 1.00 bits per heavy atom. The lowest BCUT2D eigenvalue weighted by atomic mass is 10.2. The molecular weight excluding hydrogens is 414 g/mol. The van der Waals surface area contributed by atoms with E-state index in [0.29, 0.717) is 38.2 Å². The summed E-state index contributed by atoms with van der Waals surface area (Å²) in [4.78, 5) is 2.05. The first-order valence-corrected chi connectivity index (χ1v) is 11.3. The lowest BCUT2D eigenvalue weighted by molar-refractivity contribution is 0.00994. The molecule has 0 saturated carbocycles. The second-order valence-corrected chi connectivity index (χ2v) is 9.21. The van der Waals surface area contributed by atoms with Crippen LogP contribution in [-0.4, -0.2) is 68.2 Å². The molecule has 1 unspecified atom stereocenters. The van der Waals surface area contributed by atoms with Crippen molar-refractivity contribution in [2.24, 2.45) is 0 Å². The molecule has 2 aromatic carbocycles. The van der Waals surface area contributed by atoms with Crippen molar-refractivity contribution < 1.29 is 27.0 Å². The Morgan fingerprint density at radius 2 is 1.73 bits per heavy atom. The van der Waals surface area contributed by atoms with Gasteiger partial charge in [0.15, 0.2) is 0 Å². The van der Waals surface area contributed by atoms with Gasteiger partial charge in [0.05, 0.1) is 24.2 Å². The smallest absolute Gasteiger partial charge is 0.243 e. The van der Waals surface area contributed by atoms with Crippen molar-refractivity contribution >= 4 is 10.0 Å². The maximum atomic E-state index is 13.6. The largest absolute Gasteiger partial charge is 0.389 e. The second-order valence-electron chi connectivity index (χ2n) is 7.27. The number of β-amino-alcohol motifs (C(OH)–C–C–N with tert-alkyl or cyclic N) is 1. The van der Waals surface area contributed by atoms with Gasteiger partial charge in [-0.05, 0) is 43.3 Å². The monoisotopic (exact) mass is 440 g/mol. The molecule has 1 saturated heterocycles. The molecule has 0 spiro atoms. The molecule has 0 radical (unpaired) electrons. The summed E-state index contributed by atoms with van der Waals surface area (Å²) in [5.41, 5.74) is 0.432. The van der Waals surface area contributed by atoms with E-state index in [2.05, 4.69) is 0 Å². The minimum Gasteiger partial charge on any atom is -0.389 e. The first-order chi connectivity index (χ1) is 14.4. The van der Waals surface area contributed by atoms with Crippen LogP contribution in [0.15, 0.2) is 53.4 Å². The molecule has 3 rings (SSSR count). The Bertz CT molecular complexity index is 925. The van der Waals surface area contributed by atoms with E-state index in [4.69, 9.17) is 4.74 Å². The average Bonchev–Trinajstić information content (AvgIpc) is 2.96. The lowest BCUT2D eigenvalue weighted by Gasteiger charge is -2.24. The van der Waals surface area contributed by atoms with E-state index in [1.807, 2.05) is 4.90 Å². The van der Waals surface area contributed by atoms with Crippen molar-refractivity contribution in [3.63, 3.8) is 0 Å². The molecule has 6 nitrogen and oxygen atoms in total. The van der Waals surface area contributed by atoms with Crippen molar-refractivity contribution in [2.75, 3.05) is 39.3 Å². The average molecular weight is 441 g/mol. The zero-order valence-electron chi connectivity index (χ0n) is 16.6. The van der Waals surface area contributed by atoms with Crippen LogP contribution in [-0.2, 0) is 21.4 Å². The van der Waals surface area contributed by atoms with Crippen molar-refractivity contribution in [3.05, 3.63) is 65.7 Å². The molecule has 164 valence electrons. The molecule has 1 fully saturated rings. The quantitative estimate of drug-likeness (QED) is 0.682. The summed E-state index contributed by atoms with van der Waals surface area (Å²) >= 11 is 0. The molecule has 1 aliphatic rings. The maximum absolute atomic E-state index is 13.6. The number of aliphatic hydroxyl groups is 1. The van der Waals surface area contributed by atoms with E-state index in [0.717, 1.165) is 12.1 Å². The van der Waals surface area contributed by atoms with Crippen LogP contribution in [0.2, 0.25) is 0 Å². The molecule has 1 N–H and O–H groups in total. The normalized spacial score (nSPS) is 17.6. The number of hydrogen-bond donors (Lipinski definition) is 1. The molecule has 0 aromatic heterocycles. The van der Waals surface area contributed by atoms with Crippen LogP contribution >= 0.6 is 0 Å². The highest BCUT2D eigenvalue weighted by atomic mass is 32.2. The topological polar surface area (TPSA) is 70.1 Å². The van der Waals surface area contributed by atoms with Crippen molar-refractivity contribution in [1.29, 1.82) is 0 Å². The Kier molecular flexibility index (Phi) is 7.90. The SMILES string of the molecule is O=S(=O)(c1ccc(F)cc1)N1CCCN(CC(O)COCc2ccccc2F)CC1. The molecular formula is C21H26F2N2O4S. The standard InChI is InChI=1S/C21H26F2N2O4S/c22-18-6-8-20(9-7-18)30(27,28)25-11-3-10-24(12-13-25)14-19(26)16-29-15-17-4-1-2-5-21(17)23/h1-2,4-9,19,26H,3,10-16H2. The van der Waals surface area contributed by atoms with Gasteiger partial charge in [0.2, 0.25) is 10.0 Å². The minimum atomic E-state index is -3.69. The first kappa shape index (κ1) is 22.8. The van der Waals surface area contributed by atoms with Crippen LogP contribution < -0.4 is 0 Å². The van der Waals surface area contributed by atoms with E-state index in [1.165, 1.54) is 22.5 Å². The molecule has 1 aliphatic heterocycles. The first-order valence-electron chi connectivity index (χ1n) is 9.83. The van der Waals surface area contributed by atoms with Crippen LogP contribution in [0.25, 0.3) is 0 Å². The fourth-order valence-corrected chi connectivity index (χ4v) is 4.87. The van der Waals surface area contributed by atoms with Gasteiger partial charge in [0.1, 0.15) is 11.6 Å². The van der Waals surface area contributed by atoms with Gasteiger partial charge in [-0.2, -0.15) is 4.31 Å². The fourth-order valence-electron chi connectivity index (χ4n) is 3.40. The third-order valence-electron chi connectivity index (χ3n) is 4.99. The Labute approximate surface area is 175 Å². The number of hydrogen-bond acceptors (Lipinski definition) is 5. The van der Waals surface area contributed by atoms with Crippen LogP contribution in [0.3, 0.4) is 0 Å². The van der Waals surface area contributed by atoms with Crippen molar-refractivity contribution in [2.45, 2.75) is 24.0 Å². The van der Waals surface area contributed by atoms with E-state index in [-0.39, 0.29) is 30.5 Å². The summed E-state index contributed by atoms with van der Waals surface area (Å²) in [7, 11) is -3.69. The summed E-state index contributed by atoms with van der Waals surface area (Å²) in [6.07, 6.45) is -0.152. The van der Waals surface area contributed by atoms with Crippen molar-refractivity contribution in [3.8, 4) is 0 Å². The zero-order valence-corrected chi connectivity index (χ0v) is 17.4. The molecule has 9 heteroatoms. The van der Waals surface area contributed by atoms with Gasteiger partial charge in [-0.1, -0.05) is 18.2 Å². The molecule has 2 aromatic rings. The molecule has 1 atom stereocenters. The number of halogens is 2. The molecule has 0 aliphatic carbocycles. The van der Waals surface area contributed by atoms with Gasteiger partial charge < -0.3 is 9.84 Å². The van der Waals surface area contributed by atoms with Gasteiger partial charge in [-0.3, -0.25) is 4.90 Å². The predicted molar refractivity (Wildman–Crippen MR) is 108 cm³/mol. The summed E-state index contributed by atoms with van der Waals surface area (Å²) in [6, 6.07) is 11.1. The van der Waals surface area contributed by atoms with Gasteiger partial charge in [-0.15, -0.1) is 0 Å². The van der Waals surface area contributed by atoms with Crippen LogP contribution in [0.5, 0.6) is 0 Å². The van der Waals surface area contributed by atoms with E-state index < -0.39 is 21.9 Å². The van der Waals surface area contributed by atoms with Crippen molar-refractivity contribution in [1.82, 2.24) is 9.21 Å². The molecule has 30 heavy (non-hydrogen) atoms. The van der Waals surface area contributed by atoms with E-state index in [1.54, 1.807) is 18.2 Å². The van der Waals surface area contributed by atoms with E-state index >= 15 is 0 Å². The number of benzene rings is 2. The number of ether oxygens (including phenoxy) is 1. The highest BCUT2D eigenvalue weighted by Gasteiger charge is 2.27. The Hall–Kier alpha value is -1.91. The van der Waals surface area contributed by atoms with E-state index in [9.17, 15) is 22.3 Å².